The van der Waals surface area contributed by atoms with Gasteiger partial charge in [-0.05, 0) is 61.1 Å². The molecule has 228 valence electrons. The lowest BCUT2D eigenvalue weighted by atomic mass is 9.75. The summed E-state index contributed by atoms with van der Waals surface area (Å²) in [7, 11) is 0. The first-order valence-electron chi connectivity index (χ1n) is 14.8. The molecular weight excluding hydrogens is 547 g/mol. The molecule has 11 heteroatoms. The van der Waals surface area contributed by atoms with Crippen molar-refractivity contribution >= 4 is 17.8 Å². The molecule has 2 saturated heterocycles. The number of likely N-dealkylation sites (tertiary alicyclic amines) is 1. The highest BCUT2D eigenvalue weighted by atomic mass is 19.4. The standard InChI is InChI=1S/C31H40F3N5O3/c1-3-30(2)20-37-25-9-8-22(31(32,33)34)14-24(25)29(30)36-16-28(40)38-26-17-39(23-7-5-12-41-13-10-23)18-27(26)42-19-21-6-4-11-35-15-21/h4,6,8-9,11,14-15,20,23,26-27,29,36H,3,5,7,10,12-13,16-19H2,1-2H3,(H,38,40)/t23?,26?,27-,29?,30?/m0/s1. The quantitative estimate of drug-likeness (QED) is 0.438. The van der Waals surface area contributed by atoms with Gasteiger partial charge in [-0.25, -0.2) is 0 Å². The number of fused-ring (bicyclic) bond motifs is 1. The lowest BCUT2D eigenvalue weighted by molar-refractivity contribution is -0.137. The molecule has 3 aliphatic rings. The van der Waals surface area contributed by atoms with E-state index in [4.69, 9.17) is 9.47 Å². The van der Waals surface area contributed by atoms with E-state index in [9.17, 15) is 18.0 Å². The van der Waals surface area contributed by atoms with Crippen LogP contribution in [-0.2, 0) is 27.1 Å². The molecule has 1 amide bonds. The highest BCUT2D eigenvalue weighted by molar-refractivity contribution is 5.80. The van der Waals surface area contributed by atoms with Crippen LogP contribution in [0.4, 0.5) is 18.9 Å². The lowest BCUT2D eigenvalue weighted by Gasteiger charge is -2.38. The molecule has 2 N–H and O–H groups in total. The third-order valence-electron chi connectivity index (χ3n) is 8.82. The van der Waals surface area contributed by atoms with E-state index in [-0.39, 0.29) is 24.6 Å². The minimum Gasteiger partial charge on any atom is -0.381 e. The molecule has 2 fully saturated rings. The molecule has 1 aromatic carbocycles. The zero-order chi connectivity index (χ0) is 29.7. The summed E-state index contributed by atoms with van der Waals surface area (Å²) in [6.07, 6.45) is 4.21. The highest BCUT2D eigenvalue weighted by Crippen LogP contribution is 2.45. The number of aromatic nitrogens is 1. The monoisotopic (exact) mass is 587 g/mol. The Morgan fingerprint density at radius 2 is 2.07 bits per heavy atom. The van der Waals surface area contributed by atoms with Gasteiger partial charge in [0.1, 0.15) is 0 Å². The smallest absolute Gasteiger partial charge is 0.381 e. The van der Waals surface area contributed by atoms with Crippen molar-refractivity contribution in [2.45, 2.75) is 76.5 Å². The molecule has 0 radical (unpaired) electrons. The van der Waals surface area contributed by atoms with Crippen molar-refractivity contribution in [3.05, 3.63) is 59.4 Å². The third kappa shape index (κ3) is 7.19. The molecule has 0 saturated carbocycles. The Balaban J connectivity index is 1.27. The average Bonchev–Trinajstić information content (AvgIpc) is 3.17. The second-order valence-electron chi connectivity index (χ2n) is 11.7. The number of nitrogens with zero attached hydrogens (tertiary/aromatic N) is 3. The van der Waals surface area contributed by atoms with Gasteiger partial charge in [0, 0.05) is 62.4 Å². The van der Waals surface area contributed by atoms with Crippen LogP contribution in [0.15, 0.2) is 47.7 Å². The highest BCUT2D eigenvalue weighted by Gasteiger charge is 2.41. The maximum Gasteiger partial charge on any atom is 0.416 e. The topological polar surface area (TPSA) is 88.1 Å². The summed E-state index contributed by atoms with van der Waals surface area (Å²) in [5, 5.41) is 6.44. The van der Waals surface area contributed by atoms with Crippen molar-refractivity contribution in [3.8, 4) is 0 Å². The summed E-state index contributed by atoms with van der Waals surface area (Å²) in [4.78, 5) is 24.3. The summed E-state index contributed by atoms with van der Waals surface area (Å²) < 4.78 is 52.6. The fourth-order valence-electron chi connectivity index (χ4n) is 6.16. The normalized spacial score (nSPS) is 28.3. The van der Waals surface area contributed by atoms with Gasteiger partial charge in [0.15, 0.2) is 0 Å². The largest absolute Gasteiger partial charge is 0.416 e. The maximum absolute atomic E-state index is 13.5. The molecule has 0 bridgehead atoms. The van der Waals surface area contributed by atoms with Gasteiger partial charge in [0.25, 0.3) is 0 Å². The van der Waals surface area contributed by atoms with Gasteiger partial charge in [0.05, 0.1) is 36.5 Å². The Labute approximate surface area is 245 Å². The molecule has 5 rings (SSSR count). The molecule has 0 aliphatic carbocycles. The number of hydrogen-bond donors (Lipinski definition) is 2. The molecule has 5 atom stereocenters. The van der Waals surface area contributed by atoms with Gasteiger partial charge < -0.3 is 20.1 Å². The number of ether oxygens (including phenoxy) is 2. The zero-order valence-electron chi connectivity index (χ0n) is 24.2. The van der Waals surface area contributed by atoms with Crippen molar-refractivity contribution in [1.82, 2.24) is 20.5 Å². The number of alkyl halides is 3. The number of carbonyl (C=O) groups excluding carboxylic acids is 1. The fraction of sp³-hybridized carbons (Fsp3) is 0.581. The Morgan fingerprint density at radius 3 is 2.83 bits per heavy atom. The van der Waals surface area contributed by atoms with Crippen LogP contribution in [0, 0.1) is 5.41 Å². The van der Waals surface area contributed by atoms with Gasteiger partial charge in [-0.2, -0.15) is 13.2 Å². The van der Waals surface area contributed by atoms with E-state index in [1.807, 2.05) is 26.0 Å². The molecule has 42 heavy (non-hydrogen) atoms. The van der Waals surface area contributed by atoms with Crippen LogP contribution in [0.3, 0.4) is 0 Å². The Morgan fingerprint density at radius 1 is 1.21 bits per heavy atom. The van der Waals surface area contributed by atoms with E-state index in [2.05, 4.69) is 25.5 Å². The molecule has 1 aromatic heterocycles. The van der Waals surface area contributed by atoms with Crippen molar-refractivity contribution in [1.29, 1.82) is 0 Å². The number of aliphatic imine (C=N–C) groups is 1. The molecule has 4 heterocycles. The number of hydrogen-bond acceptors (Lipinski definition) is 7. The second-order valence-corrected chi connectivity index (χ2v) is 11.7. The van der Waals surface area contributed by atoms with Crippen molar-refractivity contribution in [3.63, 3.8) is 0 Å². The number of benzene rings is 1. The van der Waals surface area contributed by atoms with Crippen molar-refractivity contribution in [2.75, 3.05) is 32.8 Å². The molecule has 8 nitrogen and oxygen atoms in total. The predicted octanol–water partition coefficient (Wildman–Crippen LogP) is 4.82. The van der Waals surface area contributed by atoms with Gasteiger partial charge in [-0.1, -0.05) is 19.9 Å². The molecular formula is C31H40F3N5O3. The van der Waals surface area contributed by atoms with Crippen LogP contribution in [0.1, 0.15) is 62.3 Å². The number of amides is 1. The van der Waals surface area contributed by atoms with Crippen LogP contribution < -0.4 is 10.6 Å². The van der Waals surface area contributed by atoms with Crippen molar-refractivity contribution < 1.29 is 27.4 Å². The minimum atomic E-state index is -4.47. The average molecular weight is 588 g/mol. The summed E-state index contributed by atoms with van der Waals surface area (Å²) in [6, 6.07) is 7.06. The molecule has 0 spiro atoms. The van der Waals surface area contributed by atoms with E-state index in [0.717, 1.165) is 50.2 Å². The first kappa shape index (κ1) is 30.6. The van der Waals surface area contributed by atoms with Gasteiger partial charge in [-0.15, -0.1) is 0 Å². The number of nitrogens with one attached hydrogen (secondary N) is 2. The number of rotatable bonds is 9. The van der Waals surface area contributed by atoms with Crippen LogP contribution in [0.5, 0.6) is 0 Å². The van der Waals surface area contributed by atoms with E-state index in [1.54, 1.807) is 18.6 Å². The number of halogens is 3. The third-order valence-corrected chi connectivity index (χ3v) is 8.82. The van der Waals surface area contributed by atoms with Gasteiger partial charge in [-0.3, -0.25) is 19.7 Å². The van der Waals surface area contributed by atoms with E-state index < -0.39 is 23.2 Å². The van der Waals surface area contributed by atoms with E-state index >= 15 is 0 Å². The lowest BCUT2D eigenvalue weighted by Crippen LogP contribution is -2.49. The summed E-state index contributed by atoms with van der Waals surface area (Å²) in [6.45, 7) is 7.11. The summed E-state index contributed by atoms with van der Waals surface area (Å²) in [5.74, 6) is -0.226. The van der Waals surface area contributed by atoms with E-state index in [0.29, 0.717) is 43.4 Å². The minimum absolute atomic E-state index is 0.0487. The fourth-order valence-corrected chi connectivity index (χ4v) is 6.16. The Bertz CT molecular complexity index is 1240. The molecule has 4 unspecified atom stereocenters. The maximum atomic E-state index is 13.5. The van der Waals surface area contributed by atoms with Crippen molar-refractivity contribution in [2.24, 2.45) is 10.4 Å². The van der Waals surface area contributed by atoms with Gasteiger partial charge in [0.2, 0.25) is 5.91 Å². The molecule has 2 aromatic rings. The zero-order valence-corrected chi connectivity index (χ0v) is 24.2. The Kier molecular flexibility index (Phi) is 9.61. The summed E-state index contributed by atoms with van der Waals surface area (Å²) in [5.41, 5.74) is 0.606. The van der Waals surface area contributed by atoms with Crippen LogP contribution in [0.2, 0.25) is 0 Å². The molecule has 3 aliphatic heterocycles. The van der Waals surface area contributed by atoms with Gasteiger partial charge >= 0.3 is 6.18 Å². The first-order chi connectivity index (χ1) is 20.2. The summed E-state index contributed by atoms with van der Waals surface area (Å²) >= 11 is 0. The second kappa shape index (κ2) is 13.2. The van der Waals surface area contributed by atoms with Crippen LogP contribution in [0.25, 0.3) is 0 Å². The van der Waals surface area contributed by atoms with Crippen LogP contribution >= 0.6 is 0 Å². The number of carbonyl (C=O) groups is 1. The first-order valence-corrected chi connectivity index (χ1v) is 14.8. The predicted molar refractivity (Wildman–Crippen MR) is 154 cm³/mol. The van der Waals surface area contributed by atoms with E-state index in [1.165, 1.54) is 6.07 Å². The SMILES string of the molecule is CCC1(C)C=Nc2ccc(C(F)(F)F)cc2C1NCC(=O)NC1CN(C2CCCOCC2)C[C@@H]1OCc1cccnc1. The van der Waals surface area contributed by atoms with Crippen LogP contribution in [-0.4, -0.2) is 73.0 Å². The Hall–Kier alpha value is -2.86. The number of pyridine rings is 1.